The number of pyridine rings is 1. The maximum absolute atomic E-state index is 12.9. The molecule has 19 heavy (non-hydrogen) atoms. The Balaban J connectivity index is 2.25. The van der Waals surface area contributed by atoms with Gasteiger partial charge in [-0.25, -0.2) is 9.37 Å². The molecule has 1 amide bonds. The lowest BCUT2D eigenvalue weighted by Crippen LogP contribution is -2.15. The second kappa shape index (κ2) is 5.36. The third-order valence-electron chi connectivity index (χ3n) is 2.56. The number of halogens is 2. The van der Waals surface area contributed by atoms with Crippen molar-refractivity contribution < 1.29 is 9.18 Å². The second-order valence-electron chi connectivity index (χ2n) is 3.95. The number of nitrogens with two attached hydrogens (primary N) is 1. The quantitative estimate of drug-likeness (QED) is 0.659. The fourth-order valence-corrected chi connectivity index (χ4v) is 1.99. The summed E-state index contributed by atoms with van der Waals surface area (Å²) in [5, 5.41) is 2.69. The van der Waals surface area contributed by atoms with Crippen molar-refractivity contribution in [3.8, 4) is 0 Å². The fourth-order valence-electron chi connectivity index (χ4n) is 1.59. The topological polar surface area (TPSA) is 68.0 Å². The zero-order valence-corrected chi connectivity index (χ0v) is 11.7. The average molecular weight is 324 g/mol. The molecule has 0 aliphatic rings. The first-order chi connectivity index (χ1) is 8.97. The van der Waals surface area contributed by atoms with Gasteiger partial charge in [-0.15, -0.1) is 0 Å². The molecular formula is C13H11BrFN3O. The predicted octanol–water partition coefficient (Wildman–Crippen LogP) is 3.13. The first-order valence-corrected chi connectivity index (χ1v) is 6.26. The van der Waals surface area contributed by atoms with E-state index in [2.05, 4.69) is 26.2 Å². The summed E-state index contributed by atoms with van der Waals surface area (Å²) in [7, 11) is 0. The highest BCUT2D eigenvalue weighted by atomic mass is 79.9. The number of hydrogen-bond acceptors (Lipinski definition) is 3. The fraction of sp³-hybridized carbons (Fsp3) is 0.0769. The van der Waals surface area contributed by atoms with Gasteiger partial charge >= 0.3 is 0 Å². The van der Waals surface area contributed by atoms with Crippen LogP contribution in [0.4, 0.5) is 15.8 Å². The van der Waals surface area contributed by atoms with Gasteiger partial charge in [-0.1, -0.05) is 0 Å². The van der Waals surface area contributed by atoms with E-state index in [-0.39, 0.29) is 11.3 Å². The maximum atomic E-state index is 12.9. The Kier molecular flexibility index (Phi) is 3.80. The van der Waals surface area contributed by atoms with Gasteiger partial charge in [0.15, 0.2) is 0 Å². The summed E-state index contributed by atoms with van der Waals surface area (Å²) in [6.45, 7) is 1.77. The number of hydrogen-bond donors (Lipinski definition) is 2. The van der Waals surface area contributed by atoms with Crippen LogP contribution in [0.25, 0.3) is 0 Å². The van der Waals surface area contributed by atoms with Crippen molar-refractivity contribution in [3.05, 3.63) is 52.0 Å². The number of anilines is 2. The van der Waals surface area contributed by atoms with Gasteiger partial charge < -0.3 is 11.1 Å². The number of nitrogen functional groups attached to an aromatic ring is 1. The number of rotatable bonds is 2. The van der Waals surface area contributed by atoms with Crippen LogP contribution in [0.15, 0.2) is 34.9 Å². The van der Waals surface area contributed by atoms with Crippen molar-refractivity contribution in [1.82, 2.24) is 4.98 Å². The van der Waals surface area contributed by atoms with E-state index in [9.17, 15) is 9.18 Å². The van der Waals surface area contributed by atoms with Gasteiger partial charge in [-0.3, -0.25) is 4.79 Å². The molecule has 3 N–H and O–H groups in total. The average Bonchev–Trinajstić information content (AvgIpc) is 2.32. The summed E-state index contributed by atoms with van der Waals surface area (Å²) in [5.41, 5.74) is 7.19. The van der Waals surface area contributed by atoms with Crippen LogP contribution in [0.1, 0.15) is 16.1 Å². The zero-order valence-electron chi connectivity index (χ0n) is 10.1. The molecule has 0 aliphatic carbocycles. The zero-order chi connectivity index (χ0) is 14.0. The van der Waals surface area contributed by atoms with E-state index in [1.165, 1.54) is 12.1 Å². The lowest BCUT2D eigenvalue weighted by molar-refractivity contribution is 0.102. The van der Waals surface area contributed by atoms with Gasteiger partial charge in [0.1, 0.15) is 10.4 Å². The van der Waals surface area contributed by atoms with Crippen LogP contribution < -0.4 is 11.1 Å². The van der Waals surface area contributed by atoms with Crippen molar-refractivity contribution in [2.24, 2.45) is 0 Å². The molecule has 1 heterocycles. The minimum atomic E-state index is -0.476. The van der Waals surface area contributed by atoms with Crippen LogP contribution in [0.3, 0.4) is 0 Å². The summed E-state index contributed by atoms with van der Waals surface area (Å²) < 4.78 is 13.6. The van der Waals surface area contributed by atoms with E-state index in [1.807, 2.05) is 0 Å². The molecule has 2 rings (SSSR count). The summed E-state index contributed by atoms with van der Waals surface area (Å²) in [6.07, 6.45) is 0. The molecule has 2 aromatic rings. The Labute approximate surface area is 118 Å². The Bertz CT molecular complexity index is 646. The van der Waals surface area contributed by atoms with E-state index in [0.717, 1.165) is 6.07 Å². The molecule has 1 aromatic heterocycles. The van der Waals surface area contributed by atoms with E-state index in [4.69, 9.17) is 5.73 Å². The first kappa shape index (κ1) is 13.5. The molecule has 0 saturated heterocycles. The minimum Gasteiger partial charge on any atom is -0.398 e. The van der Waals surface area contributed by atoms with E-state index in [0.29, 0.717) is 16.0 Å². The number of nitrogens with zero attached hydrogens (tertiary/aromatic N) is 1. The van der Waals surface area contributed by atoms with Gasteiger partial charge in [0, 0.05) is 5.69 Å². The normalized spacial score (nSPS) is 10.3. The molecule has 0 radical (unpaired) electrons. The molecule has 0 bridgehead atoms. The highest BCUT2D eigenvalue weighted by Gasteiger charge is 2.12. The number of amides is 1. The molecule has 0 fully saturated rings. The molecular weight excluding hydrogens is 313 g/mol. The van der Waals surface area contributed by atoms with Crippen LogP contribution in [0, 0.1) is 12.7 Å². The molecule has 98 valence electrons. The number of carbonyl (C=O) groups is 1. The van der Waals surface area contributed by atoms with Crippen LogP contribution in [0.2, 0.25) is 0 Å². The molecule has 1 aromatic carbocycles. The maximum Gasteiger partial charge on any atom is 0.257 e. The standard InChI is InChI=1S/C13H11BrFN3O/c1-7-11(4-5-12(14)17-7)18-13(19)9-3-2-8(15)6-10(9)16/h2-6H,16H2,1H3,(H,18,19). The van der Waals surface area contributed by atoms with E-state index < -0.39 is 11.7 Å². The van der Waals surface area contributed by atoms with Crippen molar-refractivity contribution in [3.63, 3.8) is 0 Å². The van der Waals surface area contributed by atoms with Crippen molar-refractivity contribution in [2.75, 3.05) is 11.1 Å². The number of aromatic nitrogens is 1. The van der Waals surface area contributed by atoms with Crippen LogP contribution in [0.5, 0.6) is 0 Å². The lowest BCUT2D eigenvalue weighted by atomic mass is 10.1. The Morgan fingerprint density at radius 1 is 1.37 bits per heavy atom. The number of carbonyl (C=O) groups excluding carboxylic acids is 1. The van der Waals surface area contributed by atoms with Crippen LogP contribution in [-0.4, -0.2) is 10.9 Å². The summed E-state index contributed by atoms with van der Waals surface area (Å²) in [5.74, 6) is -0.875. The van der Waals surface area contributed by atoms with Crippen molar-refractivity contribution in [1.29, 1.82) is 0 Å². The summed E-state index contributed by atoms with van der Waals surface area (Å²) in [4.78, 5) is 16.2. The molecule has 0 spiro atoms. The van der Waals surface area contributed by atoms with Crippen LogP contribution in [-0.2, 0) is 0 Å². The SMILES string of the molecule is Cc1nc(Br)ccc1NC(=O)c1ccc(F)cc1N. The second-order valence-corrected chi connectivity index (χ2v) is 4.77. The predicted molar refractivity (Wildman–Crippen MR) is 75.4 cm³/mol. The molecule has 0 saturated carbocycles. The van der Waals surface area contributed by atoms with Crippen molar-refractivity contribution in [2.45, 2.75) is 6.92 Å². The number of benzene rings is 1. The molecule has 0 atom stereocenters. The van der Waals surface area contributed by atoms with Gasteiger partial charge in [0.2, 0.25) is 0 Å². The highest BCUT2D eigenvalue weighted by molar-refractivity contribution is 9.10. The Morgan fingerprint density at radius 3 is 2.74 bits per heavy atom. The summed E-state index contributed by atoms with van der Waals surface area (Å²) >= 11 is 3.24. The third kappa shape index (κ3) is 3.08. The summed E-state index contributed by atoms with van der Waals surface area (Å²) in [6, 6.07) is 7.10. The Morgan fingerprint density at radius 2 is 2.11 bits per heavy atom. The minimum absolute atomic E-state index is 0.0974. The van der Waals surface area contributed by atoms with Crippen molar-refractivity contribution >= 4 is 33.2 Å². The van der Waals surface area contributed by atoms with Gasteiger partial charge in [-0.2, -0.15) is 0 Å². The van der Waals surface area contributed by atoms with Gasteiger partial charge in [0.25, 0.3) is 5.91 Å². The third-order valence-corrected chi connectivity index (χ3v) is 3.00. The Hall–Kier alpha value is -1.95. The molecule has 0 aliphatic heterocycles. The smallest absolute Gasteiger partial charge is 0.257 e. The van der Waals surface area contributed by atoms with E-state index >= 15 is 0 Å². The number of aryl methyl sites for hydroxylation is 1. The van der Waals surface area contributed by atoms with E-state index in [1.54, 1.807) is 19.1 Å². The molecule has 0 unspecified atom stereocenters. The molecule has 6 heteroatoms. The molecule has 4 nitrogen and oxygen atoms in total. The van der Waals surface area contributed by atoms with Gasteiger partial charge in [0.05, 0.1) is 16.9 Å². The van der Waals surface area contributed by atoms with Crippen LogP contribution >= 0.6 is 15.9 Å². The first-order valence-electron chi connectivity index (χ1n) is 5.47. The highest BCUT2D eigenvalue weighted by Crippen LogP contribution is 2.19. The largest absolute Gasteiger partial charge is 0.398 e. The lowest BCUT2D eigenvalue weighted by Gasteiger charge is -2.09. The van der Waals surface area contributed by atoms with Gasteiger partial charge in [-0.05, 0) is 53.2 Å². The monoisotopic (exact) mass is 323 g/mol. The number of nitrogens with one attached hydrogen (secondary N) is 1.